The summed E-state index contributed by atoms with van der Waals surface area (Å²) in [5, 5.41) is 6.38. The Morgan fingerprint density at radius 1 is 1.25 bits per heavy atom. The third-order valence-electron chi connectivity index (χ3n) is 3.09. The Kier molecular flexibility index (Phi) is 5.68. The normalized spacial score (nSPS) is 11.1. The second-order valence-corrected chi connectivity index (χ2v) is 7.80. The maximum absolute atomic E-state index is 11.9. The fourth-order valence-corrected chi connectivity index (χ4v) is 3.78. The molecule has 0 aliphatic carbocycles. The molecule has 122 valence electrons. The average Bonchev–Trinajstić information content (AvgIpc) is 3.21. The van der Waals surface area contributed by atoms with E-state index in [9.17, 15) is 4.79 Å². The molecule has 3 rings (SSSR count). The molecule has 0 aliphatic rings. The van der Waals surface area contributed by atoms with Crippen molar-refractivity contribution in [1.82, 2.24) is 4.98 Å². The van der Waals surface area contributed by atoms with Gasteiger partial charge in [0.05, 0.1) is 10.0 Å². The number of hydrogen-bond donors (Lipinski definition) is 1. The Morgan fingerprint density at radius 2 is 2.12 bits per heavy atom. The predicted molar refractivity (Wildman–Crippen MR) is 103 cm³/mol. The van der Waals surface area contributed by atoms with Crippen LogP contribution in [0.2, 0.25) is 10.0 Å². The first-order valence-corrected chi connectivity index (χ1v) is 9.46. The van der Waals surface area contributed by atoms with Crippen molar-refractivity contribution in [3.05, 3.63) is 73.3 Å². The minimum absolute atomic E-state index is 0.196. The van der Waals surface area contributed by atoms with Crippen molar-refractivity contribution in [3.8, 4) is 0 Å². The molecule has 2 heterocycles. The number of benzene rings is 1. The molecule has 3 nitrogen and oxygen atoms in total. The van der Waals surface area contributed by atoms with Crippen LogP contribution in [-0.2, 0) is 11.2 Å². The smallest absolute Gasteiger partial charge is 0.250 e. The van der Waals surface area contributed by atoms with Crippen LogP contribution < -0.4 is 5.32 Å². The summed E-state index contributed by atoms with van der Waals surface area (Å²) in [6.45, 7) is 0. The van der Waals surface area contributed by atoms with Crippen LogP contribution in [0.5, 0.6) is 0 Å². The Morgan fingerprint density at radius 3 is 2.88 bits per heavy atom. The van der Waals surface area contributed by atoms with E-state index < -0.39 is 0 Å². The lowest BCUT2D eigenvalue weighted by Crippen LogP contribution is -2.06. The average molecular weight is 395 g/mol. The first kappa shape index (κ1) is 17.2. The van der Waals surface area contributed by atoms with Gasteiger partial charge in [0.15, 0.2) is 5.13 Å². The van der Waals surface area contributed by atoms with Crippen molar-refractivity contribution in [2.45, 2.75) is 6.42 Å². The van der Waals surface area contributed by atoms with E-state index in [1.165, 1.54) is 17.4 Å². The second kappa shape index (κ2) is 7.94. The summed E-state index contributed by atoms with van der Waals surface area (Å²) in [5.74, 6) is -0.196. The Hall–Kier alpha value is -1.66. The number of nitrogens with zero attached hydrogens (tertiary/aromatic N) is 1. The minimum Gasteiger partial charge on any atom is -0.298 e. The summed E-state index contributed by atoms with van der Waals surface area (Å²) >= 11 is 15.0. The molecule has 3 aromatic rings. The summed E-state index contributed by atoms with van der Waals surface area (Å²) < 4.78 is 0. The summed E-state index contributed by atoms with van der Waals surface area (Å²) in [6.07, 6.45) is 5.73. The largest absolute Gasteiger partial charge is 0.298 e. The quantitative estimate of drug-likeness (QED) is 0.559. The van der Waals surface area contributed by atoms with Gasteiger partial charge in [0, 0.05) is 28.4 Å². The molecule has 2 aromatic heterocycles. The third-order valence-corrected chi connectivity index (χ3v) is 5.58. The van der Waals surface area contributed by atoms with Gasteiger partial charge in [-0.1, -0.05) is 35.3 Å². The van der Waals surface area contributed by atoms with E-state index in [-0.39, 0.29) is 5.91 Å². The van der Waals surface area contributed by atoms with Crippen LogP contribution >= 0.6 is 45.9 Å². The number of nitrogens with one attached hydrogen (secondary N) is 1. The summed E-state index contributed by atoms with van der Waals surface area (Å²) in [6, 6.07) is 9.44. The van der Waals surface area contributed by atoms with Crippen LogP contribution in [0.1, 0.15) is 15.3 Å². The van der Waals surface area contributed by atoms with Crippen LogP contribution in [0.4, 0.5) is 5.13 Å². The van der Waals surface area contributed by atoms with E-state index in [2.05, 4.69) is 10.3 Å². The minimum atomic E-state index is -0.196. The molecule has 0 radical (unpaired) electrons. The van der Waals surface area contributed by atoms with Gasteiger partial charge in [-0.2, -0.15) is 0 Å². The van der Waals surface area contributed by atoms with Gasteiger partial charge in [-0.15, -0.1) is 22.7 Å². The molecule has 0 atom stereocenters. The number of amides is 1. The number of aromatic nitrogens is 1. The molecule has 1 N–H and O–H groups in total. The number of anilines is 1. The zero-order valence-corrected chi connectivity index (χ0v) is 15.5. The molecule has 0 saturated carbocycles. The van der Waals surface area contributed by atoms with Crippen molar-refractivity contribution in [3.63, 3.8) is 0 Å². The molecule has 1 amide bonds. The maximum atomic E-state index is 11.9. The van der Waals surface area contributed by atoms with E-state index in [4.69, 9.17) is 23.2 Å². The number of hydrogen-bond acceptors (Lipinski definition) is 4. The summed E-state index contributed by atoms with van der Waals surface area (Å²) in [4.78, 5) is 18.2. The molecule has 0 aliphatic heterocycles. The molecule has 1 aromatic carbocycles. The third kappa shape index (κ3) is 4.68. The fourth-order valence-electron chi connectivity index (χ4n) is 1.99. The first-order valence-electron chi connectivity index (χ1n) is 7.01. The highest BCUT2D eigenvalue weighted by Crippen LogP contribution is 2.26. The number of carbonyl (C=O) groups excluding carboxylic acids is 1. The number of halogens is 2. The predicted octanol–water partition coefficient (Wildman–Crippen LogP) is 5.75. The van der Waals surface area contributed by atoms with Crippen molar-refractivity contribution < 1.29 is 4.79 Å². The molecule has 0 fully saturated rings. The zero-order valence-electron chi connectivity index (χ0n) is 12.3. The number of rotatable bonds is 5. The van der Waals surface area contributed by atoms with E-state index in [1.807, 2.05) is 29.6 Å². The lowest BCUT2D eigenvalue weighted by Gasteiger charge is -2.01. The van der Waals surface area contributed by atoms with E-state index in [0.29, 0.717) is 21.6 Å². The van der Waals surface area contributed by atoms with Gasteiger partial charge in [0.25, 0.3) is 0 Å². The lowest BCUT2D eigenvalue weighted by atomic mass is 10.1. The van der Waals surface area contributed by atoms with Crippen molar-refractivity contribution >= 4 is 63.0 Å². The van der Waals surface area contributed by atoms with Crippen LogP contribution in [0.3, 0.4) is 0 Å². The SMILES string of the molecule is O=C(/C=C/c1cccs1)Nc1ncc(Cc2ccc(Cl)c(Cl)c2)s1. The molecular formula is C17H12Cl2N2OS2. The standard InChI is InChI=1S/C17H12Cl2N2OS2/c18-14-5-3-11(9-15(14)19)8-13-10-20-17(24-13)21-16(22)6-4-12-2-1-7-23-12/h1-7,9-10H,8H2,(H,20,21,22)/b6-4+. The highest BCUT2D eigenvalue weighted by molar-refractivity contribution is 7.15. The zero-order chi connectivity index (χ0) is 16.9. The molecule has 0 spiro atoms. The molecular weight excluding hydrogens is 383 g/mol. The molecule has 0 bridgehead atoms. The van der Waals surface area contributed by atoms with Gasteiger partial charge < -0.3 is 0 Å². The van der Waals surface area contributed by atoms with Gasteiger partial charge >= 0.3 is 0 Å². The van der Waals surface area contributed by atoms with Gasteiger partial charge in [-0.3, -0.25) is 10.1 Å². The molecule has 7 heteroatoms. The summed E-state index contributed by atoms with van der Waals surface area (Å²) in [5.41, 5.74) is 1.04. The lowest BCUT2D eigenvalue weighted by molar-refractivity contribution is -0.111. The number of carbonyl (C=O) groups is 1. The fraction of sp³-hybridized carbons (Fsp3) is 0.0588. The van der Waals surface area contributed by atoms with Crippen molar-refractivity contribution in [2.24, 2.45) is 0 Å². The topological polar surface area (TPSA) is 42.0 Å². The Balaban J connectivity index is 1.60. The summed E-state index contributed by atoms with van der Waals surface area (Å²) in [7, 11) is 0. The van der Waals surface area contributed by atoms with Gasteiger partial charge in [-0.25, -0.2) is 4.98 Å². The second-order valence-electron chi connectivity index (χ2n) is 4.89. The van der Waals surface area contributed by atoms with E-state index >= 15 is 0 Å². The highest BCUT2D eigenvalue weighted by Gasteiger charge is 2.07. The van der Waals surface area contributed by atoms with Gasteiger partial charge in [0.2, 0.25) is 5.91 Å². The Labute approximate surface area is 157 Å². The molecule has 24 heavy (non-hydrogen) atoms. The van der Waals surface area contributed by atoms with Crippen molar-refractivity contribution in [2.75, 3.05) is 5.32 Å². The van der Waals surface area contributed by atoms with Crippen LogP contribution in [-0.4, -0.2) is 10.9 Å². The maximum Gasteiger partial charge on any atom is 0.250 e. The van der Waals surface area contributed by atoms with Gasteiger partial charge in [-0.05, 0) is 35.2 Å². The van der Waals surface area contributed by atoms with Crippen LogP contribution in [0.15, 0.2) is 48.0 Å². The van der Waals surface area contributed by atoms with Crippen LogP contribution in [0.25, 0.3) is 6.08 Å². The monoisotopic (exact) mass is 394 g/mol. The van der Waals surface area contributed by atoms with Crippen molar-refractivity contribution in [1.29, 1.82) is 0 Å². The number of thiophene rings is 1. The van der Waals surface area contributed by atoms with E-state index in [0.717, 1.165) is 15.3 Å². The number of thiazole rings is 1. The van der Waals surface area contributed by atoms with Crippen LogP contribution in [0, 0.1) is 0 Å². The first-order chi connectivity index (χ1) is 11.6. The molecule has 0 unspecified atom stereocenters. The Bertz CT molecular complexity index is 873. The van der Waals surface area contributed by atoms with E-state index in [1.54, 1.807) is 29.7 Å². The molecule has 0 saturated heterocycles. The van der Waals surface area contributed by atoms with Gasteiger partial charge in [0.1, 0.15) is 0 Å². The highest BCUT2D eigenvalue weighted by atomic mass is 35.5.